The average Bonchev–Trinajstić information content (AvgIpc) is 2.76. The average molecular weight is 212 g/mol. The Kier molecular flexibility index (Phi) is 2.71. The van der Waals surface area contributed by atoms with Gasteiger partial charge in [-0.25, -0.2) is 4.98 Å². The summed E-state index contributed by atoms with van der Waals surface area (Å²) in [4.78, 5) is 4.05. The SMILES string of the molecule is Cc1cccc(-n2cncc2CN)c1C#N. The fraction of sp³-hybridized carbons (Fsp3) is 0.167. The minimum absolute atomic E-state index is 0.402. The molecule has 2 rings (SSSR count). The van der Waals surface area contributed by atoms with Crippen LogP contribution in [0.2, 0.25) is 0 Å². The van der Waals surface area contributed by atoms with Gasteiger partial charge in [0.25, 0.3) is 0 Å². The Labute approximate surface area is 94.0 Å². The van der Waals surface area contributed by atoms with E-state index in [1.807, 2.05) is 29.7 Å². The van der Waals surface area contributed by atoms with E-state index in [0.717, 1.165) is 16.9 Å². The summed E-state index contributed by atoms with van der Waals surface area (Å²) >= 11 is 0. The van der Waals surface area contributed by atoms with E-state index >= 15 is 0 Å². The van der Waals surface area contributed by atoms with Crippen LogP contribution >= 0.6 is 0 Å². The first kappa shape index (κ1) is 10.4. The van der Waals surface area contributed by atoms with Crippen molar-refractivity contribution in [2.75, 3.05) is 0 Å². The Bertz CT molecular complexity index is 548. The fourth-order valence-electron chi connectivity index (χ4n) is 1.69. The summed E-state index contributed by atoms with van der Waals surface area (Å²) in [7, 11) is 0. The van der Waals surface area contributed by atoms with Gasteiger partial charge in [0, 0.05) is 12.7 Å². The zero-order valence-electron chi connectivity index (χ0n) is 9.01. The predicted molar refractivity (Wildman–Crippen MR) is 60.9 cm³/mol. The first-order valence-electron chi connectivity index (χ1n) is 4.99. The molecule has 0 atom stereocenters. The molecule has 2 N–H and O–H groups in total. The summed E-state index contributed by atoms with van der Waals surface area (Å²) in [6.45, 7) is 2.32. The summed E-state index contributed by atoms with van der Waals surface area (Å²) in [6, 6.07) is 7.95. The Morgan fingerprint density at radius 2 is 2.31 bits per heavy atom. The normalized spacial score (nSPS) is 10.1. The molecule has 0 unspecified atom stereocenters. The Morgan fingerprint density at radius 3 is 3.00 bits per heavy atom. The molecule has 1 aromatic carbocycles. The van der Waals surface area contributed by atoms with Gasteiger partial charge in [0.1, 0.15) is 6.07 Å². The predicted octanol–water partition coefficient (Wildman–Crippen LogP) is 1.51. The smallest absolute Gasteiger partial charge is 0.102 e. The van der Waals surface area contributed by atoms with E-state index in [4.69, 9.17) is 11.0 Å². The van der Waals surface area contributed by atoms with Crippen LogP contribution in [-0.2, 0) is 6.54 Å². The molecule has 0 saturated carbocycles. The molecule has 16 heavy (non-hydrogen) atoms. The van der Waals surface area contributed by atoms with Crippen molar-refractivity contribution in [2.24, 2.45) is 5.73 Å². The van der Waals surface area contributed by atoms with Gasteiger partial charge in [0.05, 0.1) is 23.3 Å². The van der Waals surface area contributed by atoms with Gasteiger partial charge in [0.2, 0.25) is 0 Å². The molecule has 0 spiro atoms. The summed E-state index contributed by atoms with van der Waals surface area (Å²) in [6.07, 6.45) is 3.39. The molecular weight excluding hydrogens is 200 g/mol. The number of imidazole rings is 1. The second-order valence-corrected chi connectivity index (χ2v) is 3.54. The highest BCUT2D eigenvalue weighted by Crippen LogP contribution is 2.19. The number of benzene rings is 1. The zero-order valence-corrected chi connectivity index (χ0v) is 9.01. The number of rotatable bonds is 2. The molecule has 0 bridgehead atoms. The zero-order chi connectivity index (χ0) is 11.5. The summed E-state index contributed by atoms with van der Waals surface area (Å²) in [5, 5.41) is 9.15. The molecule has 1 aromatic heterocycles. The molecule has 4 nitrogen and oxygen atoms in total. The number of hydrogen-bond donors (Lipinski definition) is 1. The number of hydrogen-bond acceptors (Lipinski definition) is 3. The standard InChI is InChI=1S/C12H12N4/c1-9-3-2-4-12(11(9)6-14)16-8-15-7-10(16)5-13/h2-4,7-8H,5,13H2,1H3. The van der Waals surface area contributed by atoms with Crippen LogP contribution < -0.4 is 5.73 Å². The van der Waals surface area contributed by atoms with E-state index in [-0.39, 0.29) is 0 Å². The van der Waals surface area contributed by atoms with E-state index < -0.39 is 0 Å². The molecule has 0 saturated heterocycles. The van der Waals surface area contributed by atoms with Crippen molar-refractivity contribution in [1.29, 1.82) is 5.26 Å². The van der Waals surface area contributed by atoms with Crippen LogP contribution in [0.15, 0.2) is 30.7 Å². The largest absolute Gasteiger partial charge is 0.325 e. The maximum absolute atomic E-state index is 9.15. The monoisotopic (exact) mass is 212 g/mol. The van der Waals surface area contributed by atoms with Crippen molar-refractivity contribution in [3.05, 3.63) is 47.5 Å². The quantitative estimate of drug-likeness (QED) is 0.820. The maximum atomic E-state index is 9.15. The number of aromatic nitrogens is 2. The van der Waals surface area contributed by atoms with Crippen molar-refractivity contribution >= 4 is 0 Å². The lowest BCUT2D eigenvalue weighted by atomic mass is 10.1. The van der Waals surface area contributed by atoms with Crippen LogP contribution in [0.4, 0.5) is 0 Å². The van der Waals surface area contributed by atoms with E-state index in [1.165, 1.54) is 0 Å². The van der Waals surface area contributed by atoms with Gasteiger partial charge in [0.15, 0.2) is 0 Å². The third-order valence-electron chi connectivity index (χ3n) is 2.55. The molecule has 0 fully saturated rings. The summed E-state index contributed by atoms with van der Waals surface area (Å²) in [5.74, 6) is 0. The van der Waals surface area contributed by atoms with Crippen LogP contribution in [0.25, 0.3) is 5.69 Å². The Hall–Kier alpha value is -2.12. The Balaban J connectivity index is 2.66. The Morgan fingerprint density at radius 1 is 1.50 bits per heavy atom. The first-order valence-corrected chi connectivity index (χ1v) is 4.99. The fourth-order valence-corrected chi connectivity index (χ4v) is 1.69. The van der Waals surface area contributed by atoms with Gasteiger partial charge in [-0.05, 0) is 18.6 Å². The molecular formula is C12H12N4. The van der Waals surface area contributed by atoms with Crippen LogP contribution in [0.1, 0.15) is 16.8 Å². The third kappa shape index (κ3) is 1.58. The van der Waals surface area contributed by atoms with Crippen molar-refractivity contribution in [2.45, 2.75) is 13.5 Å². The van der Waals surface area contributed by atoms with Crippen LogP contribution in [0.3, 0.4) is 0 Å². The van der Waals surface area contributed by atoms with Crippen molar-refractivity contribution < 1.29 is 0 Å². The van der Waals surface area contributed by atoms with E-state index in [1.54, 1.807) is 12.5 Å². The van der Waals surface area contributed by atoms with Gasteiger partial charge in [-0.3, -0.25) is 0 Å². The third-order valence-corrected chi connectivity index (χ3v) is 2.55. The molecule has 2 aromatic rings. The molecule has 1 heterocycles. The lowest BCUT2D eigenvalue weighted by Crippen LogP contribution is -2.06. The second kappa shape index (κ2) is 4.17. The van der Waals surface area contributed by atoms with Crippen LogP contribution in [0.5, 0.6) is 0 Å². The minimum Gasteiger partial charge on any atom is -0.325 e. The molecule has 0 amide bonds. The van der Waals surface area contributed by atoms with Gasteiger partial charge in [-0.15, -0.1) is 0 Å². The second-order valence-electron chi connectivity index (χ2n) is 3.54. The van der Waals surface area contributed by atoms with Crippen molar-refractivity contribution in [1.82, 2.24) is 9.55 Å². The highest BCUT2D eigenvalue weighted by atomic mass is 15.1. The summed E-state index contributed by atoms with van der Waals surface area (Å²) in [5.41, 5.74) is 8.96. The topological polar surface area (TPSA) is 67.6 Å². The molecule has 0 aliphatic carbocycles. The highest BCUT2D eigenvalue weighted by Gasteiger charge is 2.09. The van der Waals surface area contributed by atoms with Crippen LogP contribution in [-0.4, -0.2) is 9.55 Å². The lowest BCUT2D eigenvalue weighted by Gasteiger charge is -2.09. The lowest BCUT2D eigenvalue weighted by molar-refractivity contribution is 0.906. The highest BCUT2D eigenvalue weighted by molar-refractivity contribution is 5.53. The number of nitriles is 1. The van der Waals surface area contributed by atoms with Gasteiger partial charge in [-0.2, -0.15) is 5.26 Å². The van der Waals surface area contributed by atoms with Gasteiger partial charge < -0.3 is 10.3 Å². The van der Waals surface area contributed by atoms with E-state index in [9.17, 15) is 0 Å². The minimum atomic E-state index is 0.402. The van der Waals surface area contributed by atoms with Crippen LogP contribution in [0, 0.1) is 18.3 Å². The number of nitrogens with zero attached hydrogens (tertiary/aromatic N) is 3. The number of nitrogens with two attached hydrogens (primary N) is 1. The first-order chi connectivity index (χ1) is 7.77. The molecule has 0 radical (unpaired) electrons. The molecule has 0 aliphatic heterocycles. The number of aryl methyl sites for hydroxylation is 1. The summed E-state index contributed by atoms with van der Waals surface area (Å²) < 4.78 is 1.85. The molecule has 4 heteroatoms. The van der Waals surface area contributed by atoms with Crippen molar-refractivity contribution in [3.63, 3.8) is 0 Å². The van der Waals surface area contributed by atoms with Gasteiger partial charge in [-0.1, -0.05) is 12.1 Å². The van der Waals surface area contributed by atoms with Gasteiger partial charge >= 0.3 is 0 Å². The van der Waals surface area contributed by atoms with Crippen molar-refractivity contribution in [3.8, 4) is 11.8 Å². The van der Waals surface area contributed by atoms with E-state index in [0.29, 0.717) is 12.1 Å². The molecule has 80 valence electrons. The molecule has 0 aliphatic rings. The van der Waals surface area contributed by atoms with E-state index in [2.05, 4.69) is 11.1 Å². The maximum Gasteiger partial charge on any atom is 0.102 e.